The molecular formula is C14H16FN5O3. The van der Waals surface area contributed by atoms with Crippen LogP contribution in [0.4, 0.5) is 14.9 Å². The smallest absolute Gasteiger partial charge is 0.407 e. The van der Waals surface area contributed by atoms with Gasteiger partial charge in [0, 0.05) is 26.7 Å². The predicted octanol–water partition coefficient (Wildman–Crippen LogP) is 0.663. The highest BCUT2D eigenvalue weighted by atomic mass is 19.1. The van der Waals surface area contributed by atoms with Gasteiger partial charge in [0.25, 0.3) is 5.91 Å². The van der Waals surface area contributed by atoms with E-state index >= 15 is 0 Å². The molecule has 2 amide bonds. The lowest BCUT2D eigenvalue weighted by atomic mass is 10.1. The number of nitrogens with one attached hydrogen (secondary N) is 1. The van der Waals surface area contributed by atoms with Gasteiger partial charge in [-0.1, -0.05) is 0 Å². The molecule has 0 aromatic carbocycles. The molecule has 0 saturated carbocycles. The van der Waals surface area contributed by atoms with Crippen LogP contribution < -0.4 is 10.2 Å². The Hall–Kier alpha value is -2.89. The number of amides is 2. The monoisotopic (exact) mass is 321 g/mol. The summed E-state index contributed by atoms with van der Waals surface area (Å²) >= 11 is 0. The number of anilines is 1. The number of aromatic nitrogens is 1. The van der Waals surface area contributed by atoms with Crippen molar-refractivity contribution in [2.24, 2.45) is 0 Å². The molecular weight excluding hydrogens is 305 g/mol. The summed E-state index contributed by atoms with van der Waals surface area (Å²) in [5, 5.41) is 20.3. The molecule has 9 heteroatoms. The third-order valence-electron chi connectivity index (χ3n) is 3.68. The second-order valence-electron chi connectivity index (χ2n) is 5.02. The van der Waals surface area contributed by atoms with Gasteiger partial charge in [-0.3, -0.25) is 4.79 Å². The SMILES string of the molecule is CNC(=O)c1ccc(N2CCN(C(=O)O)CC2CC#N)c(F)n1. The Morgan fingerprint density at radius 2 is 2.26 bits per heavy atom. The second kappa shape index (κ2) is 6.91. The molecule has 1 aliphatic rings. The van der Waals surface area contributed by atoms with Crippen LogP contribution in [0.25, 0.3) is 0 Å². The van der Waals surface area contributed by atoms with Crippen molar-refractivity contribution < 1.29 is 19.1 Å². The van der Waals surface area contributed by atoms with Crippen LogP contribution >= 0.6 is 0 Å². The first kappa shape index (κ1) is 16.5. The van der Waals surface area contributed by atoms with Crippen LogP contribution in [0.1, 0.15) is 16.9 Å². The molecule has 0 aliphatic carbocycles. The number of pyridine rings is 1. The number of halogens is 1. The van der Waals surface area contributed by atoms with Crippen molar-refractivity contribution in [2.75, 3.05) is 31.6 Å². The lowest BCUT2D eigenvalue weighted by Gasteiger charge is -2.40. The Balaban J connectivity index is 2.27. The van der Waals surface area contributed by atoms with Crippen LogP contribution in [-0.2, 0) is 0 Å². The van der Waals surface area contributed by atoms with Crippen LogP contribution in [0.3, 0.4) is 0 Å². The molecule has 2 N–H and O–H groups in total. The number of piperazine rings is 1. The summed E-state index contributed by atoms with van der Waals surface area (Å²) in [6, 6.07) is 4.34. The standard InChI is InChI=1S/C14H16FN5O3/c1-17-13(21)10-2-3-11(12(15)18-10)20-7-6-19(14(22)23)8-9(20)4-5-16/h2-3,9H,4,6-8H2,1H3,(H,17,21)(H,22,23). The van der Waals surface area contributed by atoms with Crippen molar-refractivity contribution in [3.05, 3.63) is 23.8 Å². The Morgan fingerprint density at radius 3 is 2.83 bits per heavy atom. The molecule has 122 valence electrons. The molecule has 1 aliphatic heterocycles. The van der Waals surface area contributed by atoms with Crippen molar-refractivity contribution in [3.63, 3.8) is 0 Å². The lowest BCUT2D eigenvalue weighted by Crippen LogP contribution is -2.54. The van der Waals surface area contributed by atoms with Crippen molar-refractivity contribution in [3.8, 4) is 6.07 Å². The summed E-state index contributed by atoms with van der Waals surface area (Å²) in [5.74, 6) is -1.32. The maximum absolute atomic E-state index is 14.3. The minimum Gasteiger partial charge on any atom is -0.465 e. The largest absolute Gasteiger partial charge is 0.465 e. The number of carbonyl (C=O) groups is 2. The van der Waals surface area contributed by atoms with E-state index in [1.807, 2.05) is 6.07 Å². The fraction of sp³-hybridized carbons (Fsp3) is 0.429. The van der Waals surface area contributed by atoms with Gasteiger partial charge in [0.15, 0.2) is 0 Å². The highest BCUT2D eigenvalue weighted by molar-refractivity contribution is 5.92. The van der Waals surface area contributed by atoms with Crippen molar-refractivity contribution >= 4 is 17.7 Å². The molecule has 1 atom stereocenters. The number of nitriles is 1. The second-order valence-corrected chi connectivity index (χ2v) is 5.02. The average Bonchev–Trinajstić information content (AvgIpc) is 2.54. The van der Waals surface area contributed by atoms with Crippen LogP contribution in [0.2, 0.25) is 0 Å². The predicted molar refractivity (Wildman–Crippen MR) is 78.5 cm³/mol. The first-order valence-corrected chi connectivity index (χ1v) is 6.98. The van der Waals surface area contributed by atoms with Gasteiger partial charge in [0.1, 0.15) is 5.69 Å². The van der Waals surface area contributed by atoms with Crippen LogP contribution in [0.15, 0.2) is 12.1 Å². The fourth-order valence-corrected chi connectivity index (χ4v) is 2.52. The van der Waals surface area contributed by atoms with Gasteiger partial charge >= 0.3 is 6.09 Å². The Morgan fingerprint density at radius 1 is 1.52 bits per heavy atom. The number of nitrogens with zero attached hydrogens (tertiary/aromatic N) is 4. The summed E-state index contributed by atoms with van der Waals surface area (Å²) in [5.41, 5.74) is 0.109. The minimum absolute atomic E-state index is 0.0465. The average molecular weight is 321 g/mol. The number of hydrogen-bond donors (Lipinski definition) is 2. The van der Waals surface area contributed by atoms with Gasteiger partial charge in [-0.2, -0.15) is 9.65 Å². The molecule has 1 aromatic rings. The Labute approximate surface area is 132 Å². The van der Waals surface area contributed by atoms with Crippen LogP contribution in [0.5, 0.6) is 0 Å². The van der Waals surface area contributed by atoms with E-state index in [0.29, 0.717) is 0 Å². The Bertz CT molecular complexity index is 660. The van der Waals surface area contributed by atoms with Gasteiger partial charge in [-0.25, -0.2) is 9.78 Å². The molecule has 0 bridgehead atoms. The maximum atomic E-state index is 14.3. The van der Waals surface area contributed by atoms with E-state index in [9.17, 15) is 14.0 Å². The van der Waals surface area contributed by atoms with Gasteiger partial charge in [0.2, 0.25) is 5.95 Å². The maximum Gasteiger partial charge on any atom is 0.407 e. The molecule has 23 heavy (non-hydrogen) atoms. The van der Waals surface area contributed by atoms with E-state index in [4.69, 9.17) is 10.4 Å². The zero-order valence-electron chi connectivity index (χ0n) is 12.5. The Kier molecular flexibility index (Phi) is 4.95. The molecule has 2 heterocycles. The lowest BCUT2D eigenvalue weighted by molar-refractivity contribution is 0.0956. The first-order chi connectivity index (χ1) is 11.0. The quantitative estimate of drug-likeness (QED) is 0.792. The summed E-state index contributed by atoms with van der Waals surface area (Å²) in [4.78, 5) is 29.0. The van der Waals surface area contributed by atoms with Gasteiger partial charge in [-0.05, 0) is 12.1 Å². The van der Waals surface area contributed by atoms with Crippen LogP contribution in [-0.4, -0.2) is 59.7 Å². The summed E-state index contributed by atoms with van der Waals surface area (Å²) in [7, 11) is 1.42. The zero-order chi connectivity index (χ0) is 17.0. The molecule has 1 unspecified atom stereocenters. The molecule has 0 spiro atoms. The van der Waals surface area contributed by atoms with Crippen LogP contribution in [0, 0.1) is 17.3 Å². The van der Waals surface area contributed by atoms with E-state index in [1.165, 1.54) is 24.1 Å². The highest BCUT2D eigenvalue weighted by Gasteiger charge is 2.31. The molecule has 1 saturated heterocycles. The minimum atomic E-state index is -1.07. The van der Waals surface area contributed by atoms with E-state index < -0.39 is 24.0 Å². The van der Waals surface area contributed by atoms with E-state index in [-0.39, 0.29) is 37.4 Å². The number of hydrogen-bond acceptors (Lipinski definition) is 5. The molecule has 0 radical (unpaired) electrons. The first-order valence-electron chi connectivity index (χ1n) is 6.98. The van der Waals surface area contributed by atoms with Crippen molar-refractivity contribution in [2.45, 2.75) is 12.5 Å². The van der Waals surface area contributed by atoms with E-state index in [1.54, 1.807) is 4.90 Å². The van der Waals surface area contributed by atoms with E-state index in [2.05, 4.69) is 10.3 Å². The third kappa shape index (κ3) is 3.48. The van der Waals surface area contributed by atoms with E-state index in [0.717, 1.165) is 0 Å². The highest BCUT2D eigenvalue weighted by Crippen LogP contribution is 2.24. The molecule has 2 rings (SSSR count). The van der Waals surface area contributed by atoms with Gasteiger partial charge in [0.05, 0.1) is 24.2 Å². The molecule has 1 aromatic heterocycles. The number of carbonyl (C=O) groups excluding carboxylic acids is 1. The fourth-order valence-electron chi connectivity index (χ4n) is 2.52. The summed E-state index contributed by atoms with van der Waals surface area (Å²) in [6.07, 6.45) is -1.01. The molecule has 8 nitrogen and oxygen atoms in total. The van der Waals surface area contributed by atoms with Gasteiger partial charge in [-0.15, -0.1) is 0 Å². The topological polar surface area (TPSA) is 110 Å². The normalized spacial score (nSPS) is 17.5. The van der Waals surface area contributed by atoms with Crippen molar-refractivity contribution in [1.29, 1.82) is 5.26 Å². The summed E-state index contributed by atoms with van der Waals surface area (Å²) in [6.45, 7) is 0.560. The third-order valence-corrected chi connectivity index (χ3v) is 3.68. The van der Waals surface area contributed by atoms with Gasteiger partial charge < -0.3 is 20.2 Å². The molecule has 1 fully saturated rings. The number of carboxylic acid groups (broad SMARTS) is 1. The number of rotatable bonds is 3. The van der Waals surface area contributed by atoms with Crippen molar-refractivity contribution in [1.82, 2.24) is 15.2 Å². The zero-order valence-corrected chi connectivity index (χ0v) is 12.5. The summed E-state index contributed by atoms with van der Waals surface area (Å²) < 4.78 is 14.3.